The van der Waals surface area contributed by atoms with E-state index >= 15 is 0 Å². The summed E-state index contributed by atoms with van der Waals surface area (Å²) < 4.78 is 2.46. The third-order valence-corrected chi connectivity index (χ3v) is 11.0. The Balaban J connectivity index is 3.76. The minimum Gasteiger partial charge on any atom is -0.328 e. The van der Waals surface area contributed by atoms with Crippen LogP contribution in [0.3, 0.4) is 0 Å². The molecule has 0 fully saturated rings. The summed E-state index contributed by atoms with van der Waals surface area (Å²) in [6.07, 6.45) is 44.9. The monoisotopic (exact) mass is 623 g/mol. The minimum atomic E-state index is 0.832. The third kappa shape index (κ3) is 29.3. The summed E-state index contributed by atoms with van der Waals surface area (Å²) in [4.78, 5) is 0. The molecule has 0 bridgehead atoms. The van der Waals surface area contributed by atoms with E-state index < -0.39 is 0 Å². The molecule has 0 aromatic rings. The topological polar surface area (TPSA) is 0 Å². The van der Waals surface area contributed by atoms with Crippen LogP contribution < -0.4 is 0 Å². The molecule has 0 amide bonds. The van der Waals surface area contributed by atoms with Crippen molar-refractivity contribution < 1.29 is 8.97 Å². The van der Waals surface area contributed by atoms with Crippen LogP contribution in [0.25, 0.3) is 0 Å². The fourth-order valence-corrected chi connectivity index (χ4v) is 7.55. The zero-order valence-corrected chi connectivity index (χ0v) is 32.5. The van der Waals surface area contributed by atoms with E-state index in [9.17, 15) is 0 Å². The molecule has 0 aliphatic carbocycles. The second kappa shape index (κ2) is 31.5. The number of hydrogen-bond acceptors (Lipinski definition) is 0. The van der Waals surface area contributed by atoms with Gasteiger partial charge in [-0.1, -0.05) is 175 Å². The molecule has 44 heavy (non-hydrogen) atoms. The lowest BCUT2D eigenvalue weighted by Gasteiger charge is -2.39. The van der Waals surface area contributed by atoms with Crippen LogP contribution in [-0.2, 0) is 0 Å². The average molecular weight is 623 g/mol. The third-order valence-electron chi connectivity index (χ3n) is 11.0. The quantitative estimate of drug-likeness (QED) is 0.0481. The molecule has 0 heterocycles. The summed E-state index contributed by atoms with van der Waals surface area (Å²) >= 11 is 0. The first-order chi connectivity index (χ1) is 21.3. The van der Waals surface area contributed by atoms with E-state index in [0.717, 1.165) is 6.04 Å². The van der Waals surface area contributed by atoms with E-state index in [4.69, 9.17) is 0 Å². The van der Waals surface area contributed by atoms with Crippen molar-refractivity contribution >= 4 is 0 Å². The van der Waals surface area contributed by atoms with Crippen molar-refractivity contribution in [3.05, 3.63) is 0 Å². The van der Waals surface area contributed by atoms with E-state index in [-0.39, 0.29) is 0 Å². The van der Waals surface area contributed by atoms with Gasteiger partial charge in [-0.15, -0.1) is 0 Å². The second-order valence-corrected chi connectivity index (χ2v) is 16.3. The Morgan fingerprint density at radius 3 is 0.909 bits per heavy atom. The maximum absolute atomic E-state index is 2.52. The van der Waals surface area contributed by atoms with Gasteiger partial charge in [0.15, 0.2) is 0 Å². The lowest BCUT2D eigenvalue weighted by molar-refractivity contribution is -0.917. The lowest BCUT2D eigenvalue weighted by atomic mass is 10.0. The predicted octanol–water partition coefficient (Wildman–Crippen LogP) is 13.7. The first kappa shape index (κ1) is 43.9. The second-order valence-electron chi connectivity index (χ2n) is 16.3. The normalized spacial score (nSPS) is 13.2. The van der Waals surface area contributed by atoms with E-state index in [0.29, 0.717) is 0 Å². The molecule has 0 aliphatic heterocycles. The SMILES string of the molecule is CCCCCCCCCCCCCCCC[N+](C)(C)CCCC(CC)[N+](C)(C)CCCCCCCCCCCCCCCC. The molecule has 0 aliphatic rings. The highest BCUT2D eigenvalue weighted by Gasteiger charge is 2.27. The van der Waals surface area contributed by atoms with Crippen LogP contribution in [-0.4, -0.2) is 62.8 Å². The summed E-state index contributed by atoms with van der Waals surface area (Å²) in [5.74, 6) is 0. The summed E-state index contributed by atoms with van der Waals surface area (Å²) in [5.41, 5.74) is 0. The maximum atomic E-state index is 2.52. The minimum absolute atomic E-state index is 0.832. The van der Waals surface area contributed by atoms with Crippen LogP contribution in [0.15, 0.2) is 0 Å². The van der Waals surface area contributed by atoms with Crippen molar-refractivity contribution in [2.75, 3.05) is 47.8 Å². The Hall–Kier alpha value is -0.0800. The molecule has 0 saturated carbocycles. The fourth-order valence-electron chi connectivity index (χ4n) is 7.55. The molecule has 0 rings (SSSR count). The predicted molar refractivity (Wildman–Crippen MR) is 203 cm³/mol. The van der Waals surface area contributed by atoms with Gasteiger partial charge in [-0.05, 0) is 32.1 Å². The van der Waals surface area contributed by atoms with E-state index in [2.05, 4.69) is 49.0 Å². The van der Waals surface area contributed by atoms with Gasteiger partial charge < -0.3 is 8.97 Å². The van der Waals surface area contributed by atoms with Crippen molar-refractivity contribution in [2.45, 2.75) is 226 Å². The highest BCUT2D eigenvalue weighted by molar-refractivity contribution is 4.59. The van der Waals surface area contributed by atoms with Gasteiger partial charge in [0.05, 0.1) is 53.9 Å². The molecule has 1 unspecified atom stereocenters. The van der Waals surface area contributed by atoms with Gasteiger partial charge in [-0.2, -0.15) is 0 Å². The number of hydrogen-bond donors (Lipinski definition) is 0. The molecule has 1 atom stereocenters. The van der Waals surface area contributed by atoms with Crippen LogP contribution >= 0.6 is 0 Å². The largest absolute Gasteiger partial charge is 0.328 e. The zero-order chi connectivity index (χ0) is 32.6. The highest BCUT2D eigenvalue weighted by Crippen LogP contribution is 2.20. The van der Waals surface area contributed by atoms with Gasteiger partial charge in [0.1, 0.15) is 0 Å². The molecular weight excluding hydrogens is 532 g/mol. The van der Waals surface area contributed by atoms with Crippen LogP contribution in [0.5, 0.6) is 0 Å². The van der Waals surface area contributed by atoms with E-state index in [1.54, 1.807) is 0 Å². The number of nitrogens with zero attached hydrogens (tertiary/aromatic N) is 2. The van der Waals surface area contributed by atoms with Crippen LogP contribution in [0.1, 0.15) is 220 Å². The first-order valence-electron chi connectivity index (χ1n) is 20.9. The van der Waals surface area contributed by atoms with Gasteiger partial charge in [0, 0.05) is 12.8 Å². The van der Waals surface area contributed by atoms with Crippen LogP contribution in [0, 0.1) is 0 Å². The standard InChI is InChI=1S/C42H90N2/c1-8-11-13-15-17-19-21-23-25-27-29-31-33-35-39-43(4,5)40-37-38-42(10-3)44(6,7)41-36-34-32-30-28-26-24-22-20-18-16-14-12-9-2/h42H,8-41H2,1-7H3/q+2. The molecular formula is C42H90N2+2. The van der Waals surface area contributed by atoms with E-state index in [1.165, 1.54) is 228 Å². The Kier molecular flexibility index (Phi) is 31.5. The van der Waals surface area contributed by atoms with Crippen molar-refractivity contribution in [1.82, 2.24) is 0 Å². The zero-order valence-electron chi connectivity index (χ0n) is 32.5. The summed E-state index contributed by atoms with van der Waals surface area (Å²) in [5, 5.41) is 0. The number of rotatable bonds is 36. The summed E-state index contributed by atoms with van der Waals surface area (Å²) in [6, 6.07) is 0.832. The maximum Gasteiger partial charge on any atom is 0.0885 e. The molecule has 0 radical (unpaired) electrons. The van der Waals surface area contributed by atoms with Crippen LogP contribution in [0.4, 0.5) is 0 Å². The van der Waals surface area contributed by atoms with Gasteiger partial charge in [-0.25, -0.2) is 0 Å². The van der Waals surface area contributed by atoms with Gasteiger partial charge in [-0.3, -0.25) is 0 Å². The summed E-state index contributed by atoms with van der Waals surface area (Å²) in [7, 11) is 10.0. The molecule has 0 spiro atoms. The Labute approximate surface area is 282 Å². The van der Waals surface area contributed by atoms with Crippen LogP contribution in [0.2, 0.25) is 0 Å². The molecule has 0 aromatic carbocycles. The Morgan fingerprint density at radius 2 is 0.591 bits per heavy atom. The van der Waals surface area contributed by atoms with Crippen molar-refractivity contribution in [2.24, 2.45) is 0 Å². The molecule has 0 N–H and O–H groups in total. The van der Waals surface area contributed by atoms with Gasteiger partial charge in [0.25, 0.3) is 0 Å². The number of unbranched alkanes of at least 4 members (excludes halogenated alkanes) is 26. The van der Waals surface area contributed by atoms with Gasteiger partial charge >= 0.3 is 0 Å². The Bertz CT molecular complexity index is 554. The molecule has 2 nitrogen and oxygen atoms in total. The Morgan fingerprint density at radius 1 is 0.318 bits per heavy atom. The highest BCUT2D eigenvalue weighted by atomic mass is 15.3. The first-order valence-corrected chi connectivity index (χ1v) is 20.9. The lowest BCUT2D eigenvalue weighted by Crippen LogP contribution is -2.50. The average Bonchev–Trinajstić information content (AvgIpc) is 2.99. The smallest absolute Gasteiger partial charge is 0.0885 e. The molecule has 0 aromatic heterocycles. The summed E-state index contributed by atoms with van der Waals surface area (Å²) in [6.45, 7) is 11.1. The fraction of sp³-hybridized carbons (Fsp3) is 1.00. The van der Waals surface area contributed by atoms with E-state index in [1.807, 2.05) is 0 Å². The molecule has 0 saturated heterocycles. The molecule has 2 heteroatoms. The van der Waals surface area contributed by atoms with Crippen molar-refractivity contribution in [3.8, 4) is 0 Å². The van der Waals surface area contributed by atoms with Crippen molar-refractivity contribution in [1.29, 1.82) is 0 Å². The number of quaternary nitrogens is 2. The molecule has 266 valence electrons. The van der Waals surface area contributed by atoms with Gasteiger partial charge in [0.2, 0.25) is 0 Å². The van der Waals surface area contributed by atoms with Crippen molar-refractivity contribution in [3.63, 3.8) is 0 Å².